The van der Waals surface area contributed by atoms with Crippen molar-refractivity contribution in [3.63, 3.8) is 0 Å². The van der Waals surface area contributed by atoms with Crippen LogP contribution in [0.5, 0.6) is 0 Å². The van der Waals surface area contributed by atoms with Gasteiger partial charge in [-0.15, -0.1) is 0 Å². The fourth-order valence-corrected chi connectivity index (χ4v) is 0.632. The molecule has 0 amide bonds. The van der Waals surface area contributed by atoms with Gasteiger partial charge >= 0.3 is 109 Å². The molecule has 0 aromatic heterocycles. The van der Waals surface area contributed by atoms with Crippen LogP contribution in [0.15, 0.2) is 0 Å². The minimum absolute atomic E-state index is 0. The third-order valence-electron chi connectivity index (χ3n) is 0.517. The molecule has 0 aliphatic carbocycles. The Kier molecular flexibility index (Phi) is 8.57. The monoisotopic (exact) mass is 230 g/mol. The third kappa shape index (κ3) is 13.9. The van der Waals surface area contributed by atoms with E-state index < -0.39 is 32.0 Å². The van der Waals surface area contributed by atoms with Gasteiger partial charge in [0.1, 0.15) is 0 Å². The Morgan fingerprint density at radius 3 is 2.09 bits per heavy atom. The summed E-state index contributed by atoms with van der Waals surface area (Å²) >= 11 is -5.28. The quantitative estimate of drug-likeness (QED) is 0.449. The van der Waals surface area contributed by atoms with Crippen LogP contribution in [0.3, 0.4) is 0 Å². The zero-order chi connectivity index (χ0) is 8.20. The van der Waals surface area contributed by atoms with E-state index in [1.165, 1.54) is 0 Å². The summed E-state index contributed by atoms with van der Waals surface area (Å²) in [5, 5.41) is 9.60. The zero-order valence-electron chi connectivity index (χ0n) is 5.74. The van der Waals surface area contributed by atoms with E-state index in [-0.39, 0.29) is 51.4 Å². The van der Waals surface area contributed by atoms with Gasteiger partial charge in [-0.05, 0) is 0 Å². The van der Waals surface area contributed by atoms with E-state index in [2.05, 4.69) is 3.82 Å². The molecule has 0 aliphatic rings. The summed E-state index contributed by atoms with van der Waals surface area (Å²) in [6.45, 7) is -0.647. The van der Waals surface area contributed by atoms with Crippen LogP contribution in [0.25, 0.3) is 0 Å². The summed E-state index contributed by atoms with van der Waals surface area (Å²) in [6, 6.07) is 0. The van der Waals surface area contributed by atoms with Gasteiger partial charge in [0, 0.05) is 0 Å². The maximum absolute atomic E-state index is 9.68. The predicted octanol–water partition coefficient (Wildman–Crippen LogP) is -4.75. The molecule has 0 bridgehead atoms. The first-order chi connectivity index (χ1) is 4.42. The fourth-order valence-electron chi connectivity index (χ4n) is 0.216. The van der Waals surface area contributed by atoms with Crippen molar-refractivity contribution in [3.8, 4) is 0 Å². The molecule has 0 heterocycles. The minimum atomic E-state index is -5.28. The molecule has 11 heavy (non-hydrogen) atoms. The maximum Gasteiger partial charge on any atom is 1.00 e. The van der Waals surface area contributed by atoms with Crippen molar-refractivity contribution in [1.29, 1.82) is 0 Å². The van der Waals surface area contributed by atoms with Crippen molar-refractivity contribution in [2.45, 2.75) is 6.42 Å². The molecular formula is C3H4KMnO6. The van der Waals surface area contributed by atoms with Crippen molar-refractivity contribution in [3.05, 3.63) is 0 Å². The molecule has 0 saturated heterocycles. The molecule has 0 aliphatic heterocycles. The normalized spacial score (nSPS) is 10.2. The van der Waals surface area contributed by atoms with E-state index in [0.29, 0.717) is 0 Å². The molecule has 8 heteroatoms. The minimum Gasteiger partial charge on any atom is 1.00 e. The standard InChI is InChI=1S/C3H5O3.K.Mn.3O/c4-2-1-3(5)6;;;;;/h1-2H2,(H,5,6);;;;;/q-1;2*+1;;;/p-1. The average molecular weight is 230 g/mol. The summed E-state index contributed by atoms with van der Waals surface area (Å²) in [5.74, 6) is -1.46. The number of hydrogen-bond acceptors (Lipinski definition) is 6. The molecule has 60 valence electrons. The van der Waals surface area contributed by atoms with Gasteiger partial charge in [-0.2, -0.15) is 0 Å². The molecule has 6 nitrogen and oxygen atoms in total. The SMILES string of the molecule is O=C([O-])CC[O][Mn](=[O])(=[O])=[O].[K+]. The van der Waals surface area contributed by atoms with Crippen LogP contribution < -0.4 is 56.5 Å². The number of carbonyl (C=O) groups is 1. The average Bonchev–Trinajstić information content (AvgIpc) is 1.59. The van der Waals surface area contributed by atoms with Crippen molar-refractivity contribution < 1.29 is 89.6 Å². The van der Waals surface area contributed by atoms with Crippen LogP contribution in [0.4, 0.5) is 0 Å². The summed E-state index contributed by atoms with van der Waals surface area (Å²) in [6.07, 6.45) is -0.595. The second-order valence-electron chi connectivity index (χ2n) is 1.31. The van der Waals surface area contributed by atoms with Crippen LogP contribution in [0.2, 0.25) is 0 Å². The van der Waals surface area contributed by atoms with E-state index in [0.717, 1.165) is 0 Å². The van der Waals surface area contributed by atoms with Gasteiger partial charge in [-0.25, -0.2) is 0 Å². The van der Waals surface area contributed by atoms with Gasteiger partial charge < -0.3 is 0 Å². The van der Waals surface area contributed by atoms with Crippen LogP contribution in [0.1, 0.15) is 6.42 Å². The second-order valence-corrected chi connectivity index (χ2v) is 2.83. The van der Waals surface area contributed by atoms with Crippen LogP contribution in [-0.2, 0) is 33.1 Å². The molecule has 0 spiro atoms. The Hall–Kier alpha value is 0.986. The first-order valence-electron chi connectivity index (χ1n) is 2.17. The van der Waals surface area contributed by atoms with Crippen molar-refractivity contribution in [1.82, 2.24) is 0 Å². The van der Waals surface area contributed by atoms with Crippen molar-refractivity contribution >= 4 is 5.97 Å². The number of carboxylic acid groups (broad SMARTS) is 1. The van der Waals surface area contributed by atoms with E-state index in [4.69, 9.17) is 0 Å². The zero-order valence-corrected chi connectivity index (χ0v) is 10.0. The van der Waals surface area contributed by atoms with E-state index in [1.54, 1.807) is 0 Å². The molecule has 0 atom stereocenters. The summed E-state index contributed by atoms with van der Waals surface area (Å²) < 4.78 is 32.6. The Bertz CT molecular complexity index is 245. The third-order valence-corrected chi connectivity index (χ3v) is 1.18. The number of aliphatic carboxylic acids is 1. The van der Waals surface area contributed by atoms with E-state index >= 15 is 0 Å². The first kappa shape index (κ1) is 14.5. The van der Waals surface area contributed by atoms with Crippen LogP contribution in [-0.4, -0.2) is 12.6 Å². The number of rotatable bonds is 4. The molecule has 0 fully saturated rings. The van der Waals surface area contributed by atoms with Crippen LogP contribution >= 0.6 is 0 Å². The smallest absolute Gasteiger partial charge is 1.00 e. The molecule has 0 aromatic carbocycles. The predicted molar refractivity (Wildman–Crippen MR) is 17.6 cm³/mol. The number of carboxylic acids is 1. The summed E-state index contributed by atoms with van der Waals surface area (Å²) in [4.78, 5) is 9.60. The van der Waals surface area contributed by atoms with Gasteiger partial charge in [-0.3, -0.25) is 0 Å². The molecule has 0 N–H and O–H groups in total. The Labute approximate surface area is 107 Å². The maximum atomic E-state index is 9.68. The Morgan fingerprint density at radius 2 is 1.82 bits per heavy atom. The van der Waals surface area contributed by atoms with Gasteiger partial charge in [0.05, 0.1) is 0 Å². The number of hydrogen-bond donors (Lipinski definition) is 0. The molecular weight excluding hydrogens is 226 g/mol. The molecule has 0 rings (SSSR count). The first-order valence-corrected chi connectivity index (χ1v) is 4.10. The second kappa shape index (κ2) is 6.50. The molecule has 0 aromatic rings. The molecule has 0 radical (unpaired) electrons. The summed E-state index contributed by atoms with van der Waals surface area (Å²) in [7, 11) is 0. The van der Waals surface area contributed by atoms with E-state index in [9.17, 15) is 21.4 Å². The fraction of sp³-hybridized carbons (Fsp3) is 0.667. The largest absolute Gasteiger partial charge is 1.00 e. The Balaban J connectivity index is 0. The van der Waals surface area contributed by atoms with Crippen LogP contribution in [0, 0.1) is 0 Å². The van der Waals surface area contributed by atoms with Crippen molar-refractivity contribution in [2.24, 2.45) is 0 Å². The van der Waals surface area contributed by atoms with Gasteiger partial charge in [-0.1, -0.05) is 0 Å². The summed E-state index contributed by atoms with van der Waals surface area (Å²) in [5.41, 5.74) is 0. The van der Waals surface area contributed by atoms with Gasteiger partial charge in [0.2, 0.25) is 0 Å². The molecule has 0 unspecified atom stereocenters. The molecule has 0 saturated carbocycles. The number of carbonyl (C=O) groups excluding carboxylic acids is 1. The van der Waals surface area contributed by atoms with Crippen molar-refractivity contribution in [2.75, 3.05) is 6.61 Å². The Morgan fingerprint density at radius 1 is 1.36 bits per heavy atom. The van der Waals surface area contributed by atoms with Gasteiger partial charge in [0.25, 0.3) is 0 Å². The van der Waals surface area contributed by atoms with Gasteiger partial charge in [0.15, 0.2) is 0 Å². The van der Waals surface area contributed by atoms with E-state index in [1.807, 2.05) is 0 Å². The topological polar surface area (TPSA) is 101 Å².